The fraction of sp³-hybridized carbons (Fsp3) is 0.421. The van der Waals surface area contributed by atoms with E-state index in [2.05, 4.69) is 5.32 Å². The van der Waals surface area contributed by atoms with Gasteiger partial charge in [0.05, 0.1) is 35.8 Å². The van der Waals surface area contributed by atoms with E-state index in [-0.39, 0.29) is 30.2 Å². The van der Waals surface area contributed by atoms with E-state index in [4.69, 9.17) is 21.1 Å². The summed E-state index contributed by atoms with van der Waals surface area (Å²) in [5.74, 6) is -0.730. The highest BCUT2D eigenvalue weighted by molar-refractivity contribution is 6.34. The molecule has 1 aromatic rings. The summed E-state index contributed by atoms with van der Waals surface area (Å²) in [5, 5.41) is 2.96. The van der Waals surface area contributed by atoms with Crippen molar-refractivity contribution in [2.45, 2.75) is 19.3 Å². The standard InChI is InChI=1S/C19H19ClN2O5/c20-13-8-15-16(27-7-3-6-26-15)9-14(13)21-17(23)10-22-18(24)11-4-1-2-5-12(11)19(22)25/h1-2,8-9,11-12H,3-7,10H2,(H,21,23). The molecular formula is C19H19ClN2O5. The number of anilines is 1. The van der Waals surface area contributed by atoms with Gasteiger partial charge in [0.25, 0.3) is 0 Å². The van der Waals surface area contributed by atoms with Gasteiger partial charge in [-0.3, -0.25) is 19.3 Å². The van der Waals surface area contributed by atoms with Gasteiger partial charge in [0.1, 0.15) is 6.54 Å². The van der Waals surface area contributed by atoms with Crippen molar-refractivity contribution < 1.29 is 23.9 Å². The van der Waals surface area contributed by atoms with E-state index >= 15 is 0 Å². The second-order valence-electron chi connectivity index (χ2n) is 6.80. The molecule has 3 aliphatic rings. The summed E-state index contributed by atoms with van der Waals surface area (Å²) in [4.78, 5) is 38.4. The maximum atomic E-state index is 12.5. The van der Waals surface area contributed by atoms with Crippen LogP contribution >= 0.6 is 11.6 Å². The lowest BCUT2D eigenvalue weighted by atomic mass is 9.85. The number of imide groups is 1. The molecule has 7 nitrogen and oxygen atoms in total. The van der Waals surface area contributed by atoms with E-state index in [1.165, 1.54) is 0 Å². The first-order valence-corrected chi connectivity index (χ1v) is 9.31. The molecule has 2 heterocycles. The Labute approximate surface area is 161 Å². The maximum Gasteiger partial charge on any atom is 0.244 e. The largest absolute Gasteiger partial charge is 0.490 e. The van der Waals surface area contributed by atoms with Gasteiger partial charge in [-0.25, -0.2) is 0 Å². The van der Waals surface area contributed by atoms with Crippen LogP contribution in [-0.2, 0) is 14.4 Å². The maximum absolute atomic E-state index is 12.5. The molecule has 142 valence electrons. The molecule has 0 saturated carbocycles. The zero-order chi connectivity index (χ0) is 19.0. The third kappa shape index (κ3) is 3.39. The van der Waals surface area contributed by atoms with Crippen molar-refractivity contribution in [3.63, 3.8) is 0 Å². The minimum atomic E-state index is -0.486. The second-order valence-corrected chi connectivity index (χ2v) is 7.20. The lowest BCUT2D eigenvalue weighted by molar-refractivity contribution is -0.142. The molecule has 1 aromatic carbocycles. The molecule has 4 rings (SSSR count). The number of carbonyl (C=O) groups excluding carboxylic acids is 3. The average molecular weight is 391 g/mol. The average Bonchev–Trinajstić information content (AvgIpc) is 2.81. The number of benzene rings is 1. The van der Waals surface area contributed by atoms with Gasteiger partial charge in [-0.05, 0) is 12.8 Å². The smallest absolute Gasteiger partial charge is 0.244 e. The molecule has 0 aromatic heterocycles. The summed E-state index contributed by atoms with van der Waals surface area (Å²) < 4.78 is 11.2. The van der Waals surface area contributed by atoms with E-state index in [0.29, 0.717) is 48.3 Å². The predicted octanol–water partition coefficient (Wildman–Crippen LogP) is 2.39. The minimum Gasteiger partial charge on any atom is -0.490 e. The molecule has 2 aliphatic heterocycles. The highest BCUT2D eigenvalue weighted by Crippen LogP contribution is 2.38. The molecule has 0 bridgehead atoms. The van der Waals surface area contributed by atoms with Crippen molar-refractivity contribution >= 4 is 35.0 Å². The Hall–Kier alpha value is -2.54. The molecule has 1 saturated heterocycles. The summed E-state index contributed by atoms with van der Waals surface area (Å²) >= 11 is 6.23. The van der Waals surface area contributed by atoms with E-state index in [1.54, 1.807) is 12.1 Å². The van der Waals surface area contributed by atoms with Crippen molar-refractivity contribution in [1.82, 2.24) is 4.90 Å². The first kappa shape index (κ1) is 17.9. The van der Waals surface area contributed by atoms with Crippen molar-refractivity contribution in [2.75, 3.05) is 25.1 Å². The first-order chi connectivity index (χ1) is 13.0. The van der Waals surface area contributed by atoms with Gasteiger partial charge in [-0.15, -0.1) is 0 Å². The Morgan fingerprint density at radius 3 is 2.30 bits per heavy atom. The molecule has 8 heteroatoms. The number of rotatable bonds is 3. The minimum absolute atomic E-state index is 0.283. The number of hydrogen-bond acceptors (Lipinski definition) is 5. The zero-order valence-electron chi connectivity index (χ0n) is 14.6. The normalized spacial score (nSPS) is 23.8. The monoisotopic (exact) mass is 390 g/mol. The third-order valence-corrected chi connectivity index (χ3v) is 5.32. The number of nitrogens with zero attached hydrogens (tertiary/aromatic N) is 1. The van der Waals surface area contributed by atoms with Crippen LogP contribution in [0.2, 0.25) is 5.02 Å². The molecule has 0 radical (unpaired) electrons. The summed E-state index contributed by atoms with van der Waals surface area (Å²) in [5.41, 5.74) is 0.351. The number of hydrogen-bond donors (Lipinski definition) is 1. The van der Waals surface area contributed by atoms with Crippen LogP contribution in [0.15, 0.2) is 24.3 Å². The SMILES string of the molecule is O=C(CN1C(=O)C2CC=CCC2C1=O)Nc1cc2c(cc1Cl)OCCCO2. The summed E-state index contributed by atoms with van der Waals surface area (Å²) in [6.07, 6.45) is 5.66. The molecule has 1 fully saturated rings. The molecule has 2 atom stereocenters. The van der Waals surface area contributed by atoms with Crippen molar-refractivity contribution in [1.29, 1.82) is 0 Å². The Morgan fingerprint density at radius 1 is 1.07 bits per heavy atom. The molecule has 1 aliphatic carbocycles. The fourth-order valence-corrected chi connectivity index (χ4v) is 3.84. The number of likely N-dealkylation sites (tertiary alicyclic amines) is 1. The van der Waals surface area contributed by atoms with Crippen LogP contribution < -0.4 is 14.8 Å². The molecular weight excluding hydrogens is 372 g/mol. The lowest BCUT2D eigenvalue weighted by Gasteiger charge is -2.16. The van der Waals surface area contributed by atoms with Crippen LogP contribution in [0.3, 0.4) is 0 Å². The number of carbonyl (C=O) groups is 3. The predicted molar refractivity (Wildman–Crippen MR) is 97.8 cm³/mol. The number of amides is 3. The number of ether oxygens (including phenoxy) is 2. The zero-order valence-corrected chi connectivity index (χ0v) is 15.3. The van der Waals surface area contributed by atoms with Crippen LogP contribution in [0, 0.1) is 11.8 Å². The summed E-state index contributed by atoms with van der Waals surface area (Å²) in [6.45, 7) is 0.719. The number of halogens is 1. The van der Waals surface area contributed by atoms with Gasteiger partial charge in [0, 0.05) is 18.6 Å². The van der Waals surface area contributed by atoms with Crippen molar-refractivity contribution in [3.05, 3.63) is 29.3 Å². The van der Waals surface area contributed by atoms with Crippen LogP contribution in [0.1, 0.15) is 19.3 Å². The van der Waals surface area contributed by atoms with E-state index in [0.717, 1.165) is 11.3 Å². The van der Waals surface area contributed by atoms with Gasteiger partial charge in [-0.1, -0.05) is 23.8 Å². The molecule has 1 N–H and O–H groups in total. The first-order valence-electron chi connectivity index (χ1n) is 8.94. The van der Waals surface area contributed by atoms with Crippen LogP contribution in [0.5, 0.6) is 11.5 Å². The molecule has 27 heavy (non-hydrogen) atoms. The van der Waals surface area contributed by atoms with Crippen LogP contribution in [0.25, 0.3) is 0 Å². The van der Waals surface area contributed by atoms with Crippen molar-refractivity contribution in [3.8, 4) is 11.5 Å². The second kappa shape index (κ2) is 7.23. The topological polar surface area (TPSA) is 84.9 Å². The Balaban J connectivity index is 1.46. The van der Waals surface area contributed by atoms with Gasteiger partial charge in [-0.2, -0.15) is 0 Å². The van der Waals surface area contributed by atoms with Gasteiger partial charge in [0.15, 0.2) is 11.5 Å². The number of nitrogens with one attached hydrogen (secondary N) is 1. The van der Waals surface area contributed by atoms with Crippen LogP contribution in [0.4, 0.5) is 5.69 Å². The summed E-state index contributed by atoms with van der Waals surface area (Å²) in [7, 11) is 0. The number of allylic oxidation sites excluding steroid dienone is 2. The highest BCUT2D eigenvalue weighted by atomic mass is 35.5. The molecule has 0 spiro atoms. The lowest BCUT2D eigenvalue weighted by Crippen LogP contribution is -2.38. The van der Waals surface area contributed by atoms with E-state index in [1.807, 2.05) is 12.2 Å². The van der Waals surface area contributed by atoms with Crippen LogP contribution in [-0.4, -0.2) is 42.4 Å². The van der Waals surface area contributed by atoms with Crippen molar-refractivity contribution in [2.24, 2.45) is 11.8 Å². The Bertz CT molecular complexity index is 812. The fourth-order valence-electron chi connectivity index (χ4n) is 3.64. The molecule has 3 amide bonds. The Morgan fingerprint density at radius 2 is 1.67 bits per heavy atom. The van der Waals surface area contributed by atoms with Gasteiger partial charge >= 0.3 is 0 Å². The van der Waals surface area contributed by atoms with E-state index in [9.17, 15) is 14.4 Å². The molecule has 2 unspecified atom stereocenters. The van der Waals surface area contributed by atoms with Gasteiger partial charge in [0.2, 0.25) is 17.7 Å². The highest BCUT2D eigenvalue weighted by Gasteiger charge is 2.47. The van der Waals surface area contributed by atoms with Gasteiger partial charge < -0.3 is 14.8 Å². The third-order valence-electron chi connectivity index (χ3n) is 5.01. The number of fused-ring (bicyclic) bond motifs is 2. The summed E-state index contributed by atoms with van der Waals surface area (Å²) in [6, 6.07) is 3.18. The Kier molecular flexibility index (Phi) is 4.78. The quantitative estimate of drug-likeness (QED) is 0.632. The van der Waals surface area contributed by atoms with E-state index < -0.39 is 5.91 Å².